The molecule has 138 valence electrons. The number of alkyl halides is 3. The Morgan fingerprint density at radius 2 is 2.15 bits per heavy atom. The van der Waals surface area contributed by atoms with Gasteiger partial charge in [-0.15, -0.1) is 5.10 Å². The second kappa shape index (κ2) is 6.65. The first-order valence-electron chi connectivity index (χ1n) is 7.62. The van der Waals surface area contributed by atoms with Crippen LogP contribution in [0.4, 0.5) is 19.0 Å². The first kappa shape index (κ1) is 17.7. The molecule has 0 spiro atoms. The first-order chi connectivity index (χ1) is 12.2. The molecular formula is C15H15F3N6O2. The highest BCUT2D eigenvalue weighted by Crippen LogP contribution is 2.27. The van der Waals surface area contributed by atoms with Crippen LogP contribution < -0.4 is 10.6 Å². The highest BCUT2D eigenvalue weighted by molar-refractivity contribution is 5.83. The van der Waals surface area contributed by atoms with E-state index >= 15 is 0 Å². The number of aryl methyl sites for hydroxylation is 1. The van der Waals surface area contributed by atoms with Gasteiger partial charge in [0.1, 0.15) is 17.6 Å². The molecule has 1 unspecified atom stereocenters. The number of halogens is 3. The molecule has 0 aliphatic heterocycles. The maximum atomic E-state index is 12.8. The minimum absolute atomic E-state index is 0.177. The lowest BCUT2D eigenvalue weighted by Gasteiger charge is -2.15. The van der Waals surface area contributed by atoms with Crippen LogP contribution in [0.5, 0.6) is 0 Å². The summed E-state index contributed by atoms with van der Waals surface area (Å²) in [6.07, 6.45) is -3.20. The summed E-state index contributed by atoms with van der Waals surface area (Å²) >= 11 is 0. The highest BCUT2D eigenvalue weighted by atomic mass is 19.4. The molecule has 1 amide bonds. The summed E-state index contributed by atoms with van der Waals surface area (Å²) in [6, 6.07) is 4.15. The number of fused-ring (bicyclic) bond motifs is 1. The first-order valence-corrected chi connectivity index (χ1v) is 7.62. The van der Waals surface area contributed by atoms with Crippen LogP contribution in [-0.4, -0.2) is 31.5 Å². The number of rotatable bonds is 5. The van der Waals surface area contributed by atoms with Gasteiger partial charge in [0.2, 0.25) is 5.91 Å². The third-order valence-electron chi connectivity index (χ3n) is 3.47. The van der Waals surface area contributed by atoms with Gasteiger partial charge < -0.3 is 15.1 Å². The quantitative estimate of drug-likeness (QED) is 0.716. The summed E-state index contributed by atoms with van der Waals surface area (Å²) in [4.78, 5) is 19.5. The van der Waals surface area contributed by atoms with Gasteiger partial charge in [-0.25, -0.2) is 4.98 Å². The second-order valence-electron chi connectivity index (χ2n) is 5.59. The van der Waals surface area contributed by atoms with E-state index in [-0.39, 0.29) is 24.0 Å². The normalized spacial score (nSPS) is 13.0. The molecular weight excluding hydrogens is 353 g/mol. The lowest BCUT2D eigenvalue weighted by atomic mass is 10.3. The number of aromatic nitrogens is 4. The number of furan rings is 1. The van der Waals surface area contributed by atoms with Crippen LogP contribution in [0.1, 0.15) is 24.2 Å². The minimum atomic E-state index is -4.69. The van der Waals surface area contributed by atoms with Crippen LogP contribution in [0.3, 0.4) is 0 Å². The van der Waals surface area contributed by atoms with Gasteiger partial charge in [-0.05, 0) is 26.0 Å². The van der Waals surface area contributed by atoms with Gasteiger partial charge in [0.15, 0.2) is 0 Å². The monoisotopic (exact) mass is 368 g/mol. The fraction of sp³-hybridized carbons (Fsp3) is 0.333. The molecule has 8 nitrogen and oxygen atoms in total. The Balaban J connectivity index is 1.78. The van der Waals surface area contributed by atoms with Crippen LogP contribution in [0.2, 0.25) is 0 Å². The Bertz CT molecular complexity index is 919. The molecule has 0 fully saturated rings. The molecule has 0 aromatic carbocycles. The fourth-order valence-electron chi connectivity index (χ4n) is 2.24. The minimum Gasteiger partial charge on any atom is -0.467 e. The van der Waals surface area contributed by atoms with Gasteiger partial charge in [-0.2, -0.15) is 22.7 Å². The van der Waals surface area contributed by atoms with Gasteiger partial charge in [-0.3, -0.25) is 4.79 Å². The summed E-state index contributed by atoms with van der Waals surface area (Å²) < 4.78 is 44.5. The molecule has 1 atom stereocenters. The summed E-state index contributed by atoms with van der Waals surface area (Å²) in [5.41, 5.74) is 0.435. The van der Waals surface area contributed by atoms with Gasteiger partial charge in [0.05, 0.1) is 12.8 Å². The van der Waals surface area contributed by atoms with E-state index < -0.39 is 18.0 Å². The van der Waals surface area contributed by atoms with Crippen molar-refractivity contribution in [3.05, 3.63) is 41.7 Å². The smallest absolute Gasteiger partial charge is 0.453 e. The van der Waals surface area contributed by atoms with E-state index in [2.05, 4.69) is 25.7 Å². The zero-order valence-electron chi connectivity index (χ0n) is 13.8. The molecule has 0 aliphatic carbocycles. The topological polar surface area (TPSA) is 97.4 Å². The molecule has 3 heterocycles. The highest BCUT2D eigenvalue weighted by Gasteiger charge is 2.37. The summed E-state index contributed by atoms with van der Waals surface area (Å²) in [5.74, 6) is -1.10. The van der Waals surface area contributed by atoms with Crippen molar-refractivity contribution < 1.29 is 22.4 Å². The fourth-order valence-corrected chi connectivity index (χ4v) is 2.24. The largest absolute Gasteiger partial charge is 0.467 e. The Morgan fingerprint density at radius 1 is 1.38 bits per heavy atom. The lowest BCUT2D eigenvalue weighted by molar-refractivity contribution is -0.144. The molecule has 3 rings (SSSR count). The van der Waals surface area contributed by atoms with Crippen LogP contribution in [0, 0.1) is 6.92 Å². The van der Waals surface area contributed by atoms with E-state index in [1.165, 1.54) is 12.3 Å². The molecule has 2 N–H and O–H groups in total. The Kier molecular flexibility index (Phi) is 4.53. The van der Waals surface area contributed by atoms with Crippen molar-refractivity contribution in [3.8, 4) is 0 Å². The number of nitrogens with zero attached hydrogens (tertiary/aromatic N) is 4. The van der Waals surface area contributed by atoms with Gasteiger partial charge in [0.25, 0.3) is 11.6 Å². The van der Waals surface area contributed by atoms with Crippen molar-refractivity contribution in [2.75, 3.05) is 5.32 Å². The molecule has 0 saturated heterocycles. The predicted molar refractivity (Wildman–Crippen MR) is 84.2 cm³/mol. The third-order valence-corrected chi connectivity index (χ3v) is 3.47. The van der Waals surface area contributed by atoms with E-state index in [0.29, 0.717) is 11.5 Å². The van der Waals surface area contributed by atoms with Crippen LogP contribution >= 0.6 is 0 Å². The van der Waals surface area contributed by atoms with Crippen LogP contribution in [0.25, 0.3) is 5.78 Å². The van der Waals surface area contributed by atoms with Gasteiger partial charge >= 0.3 is 6.18 Å². The zero-order chi connectivity index (χ0) is 18.9. The van der Waals surface area contributed by atoms with E-state index in [9.17, 15) is 18.0 Å². The number of nitrogens with one attached hydrogen (secondary N) is 2. The Labute approximate surface area is 145 Å². The standard InChI is InChI=1S/C15H15F3N6O2/c1-8-6-11(24-14(20-8)22-13(23-24)15(16,17)18)21-9(2)12(25)19-7-10-4-3-5-26-10/h3-6,9,21H,7H2,1-2H3,(H,19,25). The molecule has 3 aromatic rings. The molecule has 0 radical (unpaired) electrons. The second-order valence-corrected chi connectivity index (χ2v) is 5.59. The van der Waals surface area contributed by atoms with Gasteiger partial charge in [-0.1, -0.05) is 0 Å². The molecule has 3 aromatic heterocycles. The average Bonchev–Trinajstić information content (AvgIpc) is 3.20. The van der Waals surface area contributed by atoms with Crippen LogP contribution in [0.15, 0.2) is 28.9 Å². The number of carbonyl (C=O) groups excluding carboxylic acids is 1. The van der Waals surface area contributed by atoms with E-state index in [1.807, 2.05) is 0 Å². The number of hydrogen-bond donors (Lipinski definition) is 2. The maximum absolute atomic E-state index is 12.8. The van der Waals surface area contributed by atoms with Crippen LogP contribution in [-0.2, 0) is 17.5 Å². The Morgan fingerprint density at radius 3 is 2.81 bits per heavy atom. The number of anilines is 1. The number of amides is 1. The molecule has 26 heavy (non-hydrogen) atoms. The summed E-state index contributed by atoms with van der Waals surface area (Å²) in [7, 11) is 0. The van der Waals surface area contributed by atoms with Crippen molar-refractivity contribution in [1.29, 1.82) is 0 Å². The lowest BCUT2D eigenvalue weighted by Crippen LogP contribution is -2.37. The summed E-state index contributed by atoms with van der Waals surface area (Å²) in [5, 5.41) is 8.92. The van der Waals surface area contributed by atoms with Crippen molar-refractivity contribution in [2.24, 2.45) is 0 Å². The van der Waals surface area contributed by atoms with Crippen molar-refractivity contribution in [2.45, 2.75) is 32.6 Å². The van der Waals surface area contributed by atoms with E-state index in [0.717, 1.165) is 4.52 Å². The van der Waals surface area contributed by atoms with Gasteiger partial charge in [0, 0.05) is 11.8 Å². The predicted octanol–water partition coefficient (Wildman–Crippen LogP) is 2.16. The molecule has 0 bridgehead atoms. The van der Waals surface area contributed by atoms with Crippen molar-refractivity contribution in [3.63, 3.8) is 0 Å². The SMILES string of the molecule is Cc1cc(NC(C)C(=O)NCc2ccco2)n2nc(C(F)(F)F)nc2n1. The molecule has 11 heteroatoms. The number of carbonyl (C=O) groups is 1. The zero-order valence-corrected chi connectivity index (χ0v) is 13.8. The van der Waals surface area contributed by atoms with E-state index in [1.54, 1.807) is 26.0 Å². The number of hydrogen-bond acceptors (Lipinski definition) is 6. The maximum Gasteiger partial charge on any atom is 0.453 e. The van der Waals surface area contributed by atoms with E-state index in [4.69, 9.17) is 4.42 Å². The molecule has 0 saturated carbocycles. The molecule has 0 aliphatic rings. The Hall–Kier alpha value is -3.11. The van der Waals surface area contributed by atoms with Crippen molar-refractivity contribution in [1.82, 2.24) is 24.9 Å². The third kappa shape index (κ3) is 3.76. The summed E-state index contributed by atoms with van der Waals surface area (Å²) in [6.45, 7) is 3.37. The average molecular weight is 368 g/mol. The van der Waals surface area contributed by atoms with Crippen molar-refractivity contribution >= 4 is 17.5 Å².